The van der Waals surface area contributed by atoms with Gasteiger partial charge in [-0.1, -0.05) is 29.3 Å². The van der Waals surface area contributed by atoms with E-state index in [1.165, 1.54) is 29.5 Å². The van der Waals surface area contributed by atoms with Crippen LogP contribution in [0.2, 0.25) is 0 Å². The maximum Gasteiger partial charge on any atom is 0.209 e. The van der Waals surface area contributed by atoms with Gasteiger partial charge in [0, 0.05) is 0 Å². The number of benzene rings is 1. The van der Waals surface area contributed by atoms with Crippen molar-refractivity contribution in [1.82, 2.24) is 5.43 Å². The SMILES string of the molecule is Cc1cc(C)cc(CCC(N=C(N)NN=C(N)N)C2CC2)c1. The Hall–Kier alpha value is -2.24. The molecule has 6 heteroatoms. The lowest BCUT2D eigenvalue weighted by atomic mass is 9.99. The maximum absolute atomic E-state index is 5.83. The average Bonchev–Trinajstić information content (AvgIpc) is 3.24. The monoisotopic (exact) mass is 302 g/mol. The van der Waals surface area contributed by atoms with Gasteiger partial charge in [0.25, 0.3) is 0 Å². The second-order valence-corrected chi connectivity index (χ2v) is 6.10. The van der Waals surface area contributed by atoms with Gasteiger partial charge in [0.2, 0.25) is 11.9 Å². The molecule has 1 aliphatic carbocycles. The zero-order valence-electron chi connectivity index (χ0n) is 13.3. The molecule has 7 N–H and O–H groups in total. The molecule has 1 aromatic carbocycles. The molecule has 1 atom stereocenters. The fourth-order valence-corrected chi connectivity index (χ4v) is 2.74. The third-order valence-corrected chi connectivity index (χ3v) is 3.78. The molecule has 1 aliphatic rings. The number of nitrogens with zero attached hydrogens (tertiary/aromatic N) is 2. The van der Waals surface area contributed by atoms with Crippen molar-refractivity contribution in [3.63, 3.8) is 0 Å². The van der Waals surface area contributed by atoms with E-state index in [4.69, 9.17) is 17.2 Å². The summed E-state index contributed by atoms with van der Waals surface area (Å²) in [6.45, 7) is 4.26. The number of hydrogen-bond donors (Lipinski definition) is 4. The number of aryl methyl sites for hydroxylation is 3. The summed E-state index contributed by atoms with van der Waals surface area (Å²) in [6.07, 6.45) is 4.42. The molecule has 0 saturated heterocycles. The molecule has 1 saturated carbocycles. The van der Waals surface area contributed by atoms with E-state index < -0.39 is 0 Å². The standard InChI is InChI=1S/C16H26N6/c1-10-7-11(2)9-12(8-10)3-6-14(13-4-5-13)20-16(19)22-21-15(17)18/h7-9,13-14H,3-6H2,1-2H3,(H4,17,18,21)(H3,19,20,22). The third kappa shape index (κ3) is 5.27. The highest BCUT2D eigenvalue weighted by Gasteiger charge is 2.30. The van der Waals surface area contributed by atoms with Crippen LogP contribution in [0.5, 0.6) is 0 Å². The number of guanidine groups is 2. The molecule has 0 radical (unpaired) electrons. The third-order valence-electron chi connectivity index (χ3n) is 3.78. The van der Waals surface area contributed by atoms with Crippen molar-refractivity contribution in [2.75, 3.05) is 0 Å². The Labute approximate surface area is 131 Å². The first kappa shape index (κ1) is 16.1. The fraction of sp³-hybridized carbons (Fsp3) is 0.500. The smallest absolute Gasteiger partial charge is 0.209 e. The van der Waals surface area contributed by atoms with Gasteiger partial charge in [-0.3, -0.25) is 0 Å². The maximum atomic E-state index is 5.83. The van der Waals surface area contributed by atoms with Crippen LogP contribution in [0.15, 0.2) is 28.3 Å². The molecule has 0 spiro atoms. The van der Waals surface area contributed by atoms with E-state index in [9.17, 15) is 0 Å². The van der Waals surface area contributed by atoms with Crippen LogP contribution in [-0.2, 0) is 6.42 Å². The number of nitrogens with two attached hydrogens (primary N) is 3. The van der Waals surface area contributed by atoms with Gasteiger partial charge in [0.1, 0.15) is 0 Å². The highest BCUT2D eigenvalue weighted by Crippen LogP contribution is 2.36. The van der Waals surface area contributed by atoms with Gasteiger partial charge in [0.05, 0.1) is 6.04 Å². The molecule has 0 aromatic heterocycles. The Morgan fingerprint density at radius 2 is 1.82 bits per heavy atom. The summed E-state index contributed by atoms with van der Waals surface area (Å²) in [5, 5.41) is 3.67. The normalized spacial score (nSPS) is 16.2. The number of hydrogen-bond acceptors (Lipinski definition) is 2. The molecular weight excluding hydrogens is 276 g/mol. The molecule has 22 heavy (non-hydrogen) atoms. The van der Waals surface area contributed by atoms with Crippen molar-refractivity contribution in [2.45, 2.75) is 45.6 Å². The summed E-state index contributed by atoms with van der Waals surface area (Å²) in [6, 6.07) is 6.89. The zero-order valence-corrected chi connectivity index (χ0v) is 13.3. The molecule has 120 valence electrons. The predicted octanol–water partition coefficient (Wildman–Crippen LogP) is 1.11. The minimum absolute atomic E-state index is 0.0589. The lowest BCUT2D eigenvalue weighted by Gasteiger charge is -2.13. The van der Waals surface area contributed by atoms with Gasteiger partial charge in [-0.15, -0.1) is 5.10 Å². The van der Waals surface area contributed by atoms with Gasteiger partial charge in [0.15, 0.2) is 0 Å². The van der Waals surface area contributed by atoms with Crippen LogP contribution in [-0.4, -0.2) is 18.0 Å². The van der Waals surface area contributed by atoms with E-state index in [1.807, 2.05) is 0 Å². The molecule has 0 amide bonds. The van der Waals surface area contributed by atoms with Gasteiger partial charge < -0.3 is 17.2 Å². The van der Waals surface area contributed by atoms with Crippen molar-refractivity contribution in [2.24, 2.45) is 33.2 Å². The zero-order chi connectivity index (χ0) is 16.1. The van der Waals surface area contributed by atoms with Crippen LogP contribution >= 0.6 is 0 Å². The minimum atomic E-state index is -0.0589. The Balaban J connectivity index is 1.97. The topological polar surface area (TPSA) is 115 Å². The Bertz CT molecular complexity index is 550. The van der Waals surface area contributed by atoms with E-state index >= 15 is 0 Å². The minimum Gasteiger partial charge on any atom is -0.369 e. The van der Waals surface area contributed by atoms with Crippen molar-refractivity contribution in [3.05, 3.63) is 34.9 Å². The molecule has 0 heterocycles. The van der Waals surface area contributed by atoms with Crippen LogP contribution in [0.1, 0.15) is 36.0 Å². The number of aliphatic imine (C=N–C) groups is 1. The first-order valence-electron chi connectivity index (χ1n) is 7.69. The Kier molecular flexibility index (Phi) is 5.25. The highest BCUT2D eigenvalue weighted by atomic mass is 15.4. The first-order valence-corrected chi connectivity index (χ1v) is 7.69. The second-order valence-electron chi connectivity index (χ2n) is 6.10. The van der Waals surface area contributed by atoms with Crippen molar-refractivity contribution >= 4 is 11.9 Å². The van der Waals surface area contributed by atoms with Crippen LogP contribution in [0.4, 0.5) is 0 Å². The first-order chi connectivity index (χ1) is 10.4. The molecule has 1 fully saturated rings. The molecule has 0 aliphatic heterocycles. The quantitative estimate of drug-likeness (QED) is 0.358. The summed E-state index contributed by atoms with van der Waals surface area (Å²) < 4.78 is 0. The fourth-order valence-electron chi connectivity index (χ4n) is 2.74. The number of rotatable bonds is 6. The summed E-state index contributed by atoms with van der Waals surface area (Å²) in [7, 11) is 0. The lowest BCUT2D eigenvalue weighted by molar-refractivity contribution is 0.549. The van der Waals surface area contributed by atoms with Crippen molar-refractivity contribution in [1.29, 1.82) is 0 Å². The van der Waals surface area contributed by atoms with E-state index in [-0.39, 0.29) is 18.0 Å². The predicted molar refractivity (Wildman–Crippen MR) is 91.3 cm³/mol. The van der Waals surface area contributed by atoms with Crippen LogP contribution in [0.3, 0.4) is 0 Å². The Morgan fingerprint density at radius 3 is 2.36 bits per heavy atom. The van der Waals surface area contributed by atoms with E-state index in [1.54, 1.807) is 0 Å². The van der Waals surface area contributed by atoms with Crippen LogP contribution < -0.4 is 22.6 Å². The largest absolute Gasteiger partial charge is 0.369 e. The van der Waals surface area contributed by atoms with Gasteiger partial charge in [-0.05, 0) is 51.0 Å². The molecule has 1 unspecified atom stereocenters. The molecule has 6 nitrogen and oxygen atoms in total. The second kappa shape index (κ2) is 7.15. The van der Waals surface area contributed by atoms with E-state index in [0.29, 0.717) is 5.92 Å². The summed E-state index contributed by atoms with van der Waals surface area (Å²) in [5.74, 6) is 0.840. The summed E-state index contributed by atoms with van der Waals surface area (Å²) in [5.41, 5.74) is 22.9. The summed E-state index contributed by atoms with van der Waals surface area (Å²) >= 11 is 0. The van der Waals surface area contributed by atoms with Gasteiger partial charge in [-0.2, -0.15) is 0 Å². The highest BCUT2D eigenvalue weighted by molar-refractivity contribution is 5.81. The molecule has 2 rings (SSSR count). The van der Waals surface area contributed by atoms with Gasteiger partial charge in [-0.25, -0.2) is 10.4 Å². The van der Waals surface area contributed by atoms with Crippen LogP contribution in [0, 0.1) is 19.8 Å². The van der Waals surface area contributed by atoms with E-state index in [0.717, 1.165) is 12.8 Å². The van der Waals surface area contributed by atoms with Crippen LogP contribution in [0.25, 0.3) is 0 Å². The number of hydrazone groups is 1. The number of nitrogens with one attached hydrogen (secondary N) is 1. The van der Waals surface area contributed by atoms with Gasteiger partial charge >= 0.3 is 0 Å². The Morgan fingerprint density at radius 1 is 1.18 bits per heavy atom. The molecular formula is C16H26N6. The van der Waals surface area contributed by atoms with E-state index in [2.05, 4.69) is 47.6 Å². The summed E-state index contributed by atoms with van der Waals surface area (Å²) in [4.78, 5) is 4.54. The average molecular weight is 302 g/mol. The van der Waals surface area contributed by atoms with Crippen molar-refractivity contribution in [3.8, 4) is 0 Å². The van der Waals surface area contributed by atoms with Crippen molar-refractivity contribution < 1.29 is 0 Å². The lowest BCUT2D eigenvalue weighted by Crippen LogP contribution is -2.34. The molecule has 0 bridgehead atoms. The molecule has 1 aromatic rings.